The van der Waals surface area contributed by atoms with Gasteiger partial charge in [0.05, 0.1) is 13.2 Å². The largest absolute Gasteiger partial charge is 0.449 e. The van der Waals surface area contributed by atoms with Gasteiger partial charge in [-0.2, -0.15) is 0 Å². The molecule has 200 valence electrons. The van der Waals surface area contributed by atoms with Crippen molar-refractivity contribution in [3.8, 4) is 0 Å². The first-order valence-electron chi connectivity index (χ1n) is 12.9. The molecule has 3 aliphatic rings. The summed E-state index contributed by atoms with van der Waals surface area (Å²) in [6, 6.07) is 12.8. The van der Waals surface area contributed by atoms with E-state index in [4.69, 9.17) is 14.2 Å². The molecule has 3 amide bonds. The van der Waals surface area contributed by atoms with Crippen LogP contribution in [-0.4, -0.2) is 68.8 Å². The number of rotatable bonds is 6. The molecule has 0 aromatic heterocycles. The van der Waals surface area contributed by atoms with Gasteiger partial charge in [0.25, 0.3) is 17.7 Å². The summed E-state index contributed by atoms with van der Waals surface area (Å²) in [5, 5.41) is 2.80. The van der Waals surface area contributed by atoms with Gasteiger partial charge < -0.3 is 29.3 Å². The predicted octanol–water partition coefficient (Wildman–Crippen LogP) is 2.23. The highest BCUT2D eigenvalue weighted by Crippen LogP contribution is 2.28. The lowest BCUT2D eigenvalue weighted by atomic mass is 9.91. The van der Waals surface area contributed by atoms with Gasteiger partial charge >= 0.3 is 5.97 Å². The number of fused-ring (bicyclic) bond motifs is 1. The van der Waals surface area contributed by atoms with Crippen LogP contribution >= 0.6 is 0 Å². The fourth-order valence-electron chi connectivity index (χ4n) is 5.16. The van der Waals surface area contributed by atoms with Crippen molar-refractivity contribution in [2.45, 2.75) is 44.8 Å². The Morgan fingerprint density at radius 1 is 0.974 bits per heavy atom. The van der Waals surface area contributed by atoms with Crippen LogP contribution < -0.4 is 15.1 Å². The Bertz CT molecular complexity index is 1250. The molecule has 10 nitrogen and oxygen atoms in total. The van der Waals surface area contributed by atoms with Crippen LogP contribution in [-0.2, 0) is 46.2 Å². The van der Waals surface area contributed by atoms with Crippen LogP contribution in [0.25, 0.3) is 0 Å². The van der Waals surface area contributed by atoms with Gasteiger partial charge in [0.1, 0.15) is 6.61 Å². The van der Waals surface area contributed by atoms with E-state index in [1.165, 1.54) is 23.0 Å². The molecule has 2 aromatic rings. The summed E-state index contributed by atoms with van der Waals surface area (Å²) < 4.78 is 16.3. The fraction of sp³-hybridized carbons (Fsp3) is 0.429. The molecular formula is C28H31N3O7. The molecule has 0 saturated carbocycles. The van der Waals surface area contributed by atoms with Crippen molar-refractivity contribution in [2.75, 3.05) is 48.0 Å². The molecule has 0 radical (unpaired) electrons. The molecule has 2 unspecified atom stereocenters. The second kappa shape index (κ2) is 11.3. The summed E-state index contributed by atoms with van der Waals surface area (Å²) >= 11 is 0. The van der Waals surface area contributed by atoms with Gasteiger partial charge in [-0.15, -0.1) is 0 Å². The first-order chi connectivity index (χ1) is 18.4. The molecule has 2 aliphatic heterocycles. The maximum Gasteiger partial charge on any atom is 0.303 e. The third kappa shape index (κ3) is 5.56. The van der Waals surface area contributed by atoms with Crippen molar-refractivity contribution in [1.82, 2.24) is 0 Å². The third-order valence-electron chi connectivity index (χ3n) is 7.00. The molecule has 1 N–H and O–H groups in total. The number of anilines is 3. The number of morpholine rings is 2. The third-order valence-corrected chi connectivity index (χ3v) is 7.00. The SMILES string of the molecule is CC(=O)OC(C(=O)Nc1ccc2c(c1)CCCC2)C1OCCN(c2cccc(N3CCOCC3=O)c2)C1=O. The summed E-state index contributed by atoms with van der Waals surface area (Å²) in [6.07, 6.45) is 1.42. The van der Waals surface area contributed by atoms with Crippen LogP contribution in [0.3, 0.4) is 0 Å². The van der Waals surface area contributed by atoms with E-state index < -0.39 is 30.0 Å². The zero-order chi connectivity index (χ0) is 26.6. The quantitative estimate of drug-likeness (QED) is 0.580. The molecule has 2 heterocycles. The molecule has 1 aliphatic carbocycles. The summed E-state index contributed by atoms with van der Waals surface area (Å²) in [7, 11) is 0. The van der Waals surface area contributed by atoms with Gasteiger partial charge in [0, 0.05) is 37.1 Å². The van der Waals surface area contributed by atoms with Gasteiger partial charge in [-0.25, -0.2) is 0 Å². The number of carbonyl (C=O) groups is 4. The topological polar surface area (TPSA) is 114 Å². The van der Waals surface area contributed by atoms with Crippen molar-refractivity contribution in [3.05, 3.63) is 53.6 Å². The number of amides is 3. The normalized spacial score (nSPS) is 20.5. The molecule has 2 saturated heterocycles. The van der Waals surface area contributed by atoms with Crippen LogP contribution in [0.1, 0.15) is 30.9 Å². The lowest BCUT2D eigenvalue weighted by molar-refractivity contribution is -0.167. The summed E-state index contributed by atoms with van der Waals surface area (Å²) in [5.74, 6) is -2.00. The van der Waals surface area contributed by atoms with Crippen molar-refractivity contribution < 1.29 is 33.4 Å². The van der Waals surface area contributed by atoms with Crippen molar-refractivity contribution in [1.29, 1.82) is 0 Å². The van der Waals surface area contributed by atoms with Crippen LogP contribution in [0.2, 0.25) is 0 Å². The number of hydrogen-bond acceptors (Lipinski definition) is 7. The fourth-order valence-corrected chi connectivity index (χ4v) is 5.16. The molecule has 0 bridgehead atoms. The van der Waals surface area contributed by atoms with Crippen molar-refractivity contribution >= 4 is 40.8 Å². The highest BCUT2D eigenvalue weighted by Gasteiger charge is 2.42. The monoisotopic (exact) mass is 521 g/mol. The molecule has 2 aromatic carbocycles. The summed E-state index contributed by atoms with van der Waals surface area (Å²) in [5.41, 5.74) is 4.24. The number of hydrogen-bond donors (Lipinski definition) is 1. The Morgan fingerprint density at radius 2 is 1.71 bits per heavy atom. The molecule has 38 heavy (non-hydrogen) atoms. The van der Waals surface area contributed by atoms with E-state index in [0.717, 1.165) is 25.7 Å². The lowest BCUT2D eigenvalue weighted by Gasteiger charge is -2.35. The standard InChI is InChI=1S/C28H31N3O7/c1-18(32)38-25(27(34)29-21-10-9-19-5-2-3-6-20(19)15-21)26-28(35)31(12-14-37-26)23-8-4-7-22(16-23)30-11-13-36-17-24(30)33/h4,7-10,15-16,25-26H,2-3,5-6,11-14,17H2,1H3,(H,29,34). The molecule has 10 heteroatoms. The van der Waals surface area contributed by atoms with Crippen molar-refractivity contribution in [3.63, 3.8) is 0 Å². The van der Waals surface area contributed by atoms with E-state index in [0.29, 0.717) is 30.2 Å². The number of carbonyl (C=O) groups excluding carboxylic acids is 4. The summed E-state index contributed by atoms with van der Waals surface area (Å²) in [4.78, 5) is 54.2. The second-order valence-corrected chi connectivity index (χ2v) is 9.61. The zero-order valence-corrected chi connectivity index (χ0v) is 21.3. The lowest BCUT2D eigenvalue weighted by Crippen LogP contribution is -2.56. The average molecular weight is 522 g/mol. The van der Waals surface area contributed by atoms with Gasteiger partial charge in [-0.1, -0.05) is 12.1 Å². The highest BCUT2D eigenvalue weighted by molar-refractivity contribution is 6.05. The summed E-state index contributed by atoms with van der Waals surface area (Å²) in [6.45, 7) is 2.42. The Hall–Kier alpha value is -3.76. The number of nitrogens with zero attached hydrogens (tertiary/aromatic N) is 2. The minimum absolute atomic E-state index is 0.00613. The first kappa shape index (κ1) is 25.9. The number of ether oxygens (including phenoxy) is 3. The van der Waals surface area contributed by atoms with Gasteiger partial charge in [-0.3, -0.25) is 19.2 Å². The number of benzene rings is 2. The minimum Gasteiger partial charge on any atom is -0.449 e. The predicted molar refractivity (Wildman–Crippen MR) is 139 cm³/mol. The zero-order valence-electron chi connectivity index (χ0n) is 21.3. The van der Waals surface area contributed by atoms with Gasteiger partial charge in [0.2, 0.25) is 6.10 Å². The molecular weight excluding hydrogens is 490 g/mol. The van der Waals surface area contributed by atoms with Gasteiger partial charge in [0.15, 0.2) is 6.10 Å². The Labute approximate surface area is 220 Å². The van der Waals surface area contributed by atoms with Crippen LogP contribution in [0.5, 0.6) is 0 Å². The maximum absolute atomic E-state index is 13.6. The van der Waals surface area contributed by atoms with E-state index in [1.54, 1.807) is 29.2 Å². The van der Waals surface area contributed by atoms with E-state index in [1.807, 2.05) is 18.2 Å². The molecule has 5 rings (SSSR count). The smallest absolute Gasteiger partial charge is 0.303 e. The number of aryl methyl sites for hydroxylation is 2. The number of nitrogens with one attached hydrogen (secondary N) is 1. The van der Waals surface area contributed by atoms with E-state index >= 15 is 0 Å². The van der Waals surface area contributed by atoms with Crippen molar-refractivity contribution in [2.24, 2.45) is 0 Å². The van der Waals surface area contributed by atoms with E-state index in [9.17, 15) is 19.2 Å². The molecule has 2 atom stereocenters. The number of esters is 1. The van der Waals surface area contributed by atoms with Crippen LogP contribution in [0.4, 0.5) is 17.1 Å². The second-order valence-electron chi connectivity index (χ2n) is 9.61. The minimum atomic E-state index is -1.47. The van der Waals surface area contributed by atoms with Gasteiger partial charge in [-0.05, 0) is 67.1 Å². The molecule has 0 spiro atoms. The highest BCUT2D eigenvalue weighted by atomic mass is 16.6. The van der Waals surface area contributed by atoms with Crippen LogP contribution in [0.15, 0.2) is 42.5 Å². The maximum atomic E-state index is 13.6. The Morgan fingerprint density at radius 3 is 2.47 bits per heavy atom. The van der Waals surface area contributed by atoms with Crippen LogP contribution in [0, 0.1) is 0 Å². The average Bonchev–Trinajstić information content (AvgIpc) is 2.92. The Balaban J connectivity index is 1.35. The Kier molecular flexibility index (Phi) is 7.71. The first-order valence-corrected chi connectivity index (χ1v) is 12.9. The van der Waals surface area contributed by atoms with E-state index in [2.05, 4.69) is 5.32 Å². The van der Waals surface area contributed by atoms with E-state index in [-0.39, 0.29) is 25.7 Å². The molecule has 2 fully saturated rings.